The van der Waals surface area contributed by atoms with E-state index in [-0.39, 0.29) is 12.1 Å². The number of aromatic nitrogens is 3. The number of amides is 2. The van der Waals surface area contributed by atoms with Gasteiger partial charge in [0.2, 0.25) is 0 Å². The van der Waals surface area contributed by atoms with Crippen LogP contribution in [-0.2, 0) is 6.42 Å². The van der Waals surface area contributed by atoms with E-state index in [2.05, 4.69) is 51.8 Å². The molecule has 1 unspecified atom stereocenters. The largest absolute Gasteiger partial charge is 0.361 e. The van der Waals surface area contributed by atoms with Crippen molar-refractivity contribution in [1.82, 2.24) is 25.4 Å². The molecule has 4 rings (SSSR count). The first-order valence-electron chi connectivity index (χ1n) is 9.33. The van der Waals surface area contributed by atoms with Crippen molar-refractivity contribution in [2.75, 3.05) is 13.1 Å². The van der Waals surface area contributed by atoms with Crippen LogP contribution in [0.1, 0.15) is 42.1 Å². The van der Waals surface area contributed by atoms with Crippen LogP contribution in [0.25, 0.3) is 10.9 Å². The van der Waals surface area contributed by atoms with Crippen LogP contribution in [0.4, 0.5) is 4.79 Å². The molecule has 2 amide bonds. The second kappa shape index (κ2) is 7.23. The zero-order valence-corrected chi connectivity index (χ0v) is 15.1. The summed E-state index contributed by atoms with van der Waals surface area (Å²) in [5, 5.41) is 11.4. The van der Waals surface area contributed by atoms with Crippen LogP contribution in [0.5, 0.6) is 0 Å². The van der Waals surface area contributed by atoms with Crippen molar-refractivity contribution in [2.45, 2.75) is 38.6 Å². The van der Waals surface area contributed by atoms with E-state index < -0.39 is 0 Å². The Morgan fingerprint density at radius 1 is 1.35 bits per heavy atom. The summed E-state index contributed by atoms with van der Waals surface area (Å²) in [6, 6.07) is 8.35. The maximum absolute atomic E-state index is 12.7. The Morgan fingerprint density at radius 2 is 2.27 bits per heavy atom. The lowest BCUT2D eigenvalue weighted by Crippen LogP contribution is -2.45. The molecule has 2 aromatic heterocycles. The van der Waals surface area contributed by atoms with E-state index in [0.717, 1.165) is 43.4 Å². The number of nitrogens with one attached hydrogen (secondary N) is 3. The second-order valence-electron chi connectivity index (χ2n) is 7.01. The van der Waals surface area contributed by atoms with Gasteiger partial charge in [0.1, 0.15) is 0 Å². The predicted molar refractivity (Wildman–Crippen MR) is 102 cm³/mol. The lowest BCUT2D eigenvalue weighted by molar-refractivity contribution is 0.150. The molecule has 3 aromatic rings. The molecular weight excluding hydrogens is 326 g/mol. The third-order valence-corrected chi connectivity index (χ3v) is 5.31. The monoisotopic (exact) mass is 351 g/mol. The SMILES string of the molecule is Cc1cccc2[nH]cc(CCNC(=O)N3CCCCC3c3ccn[nH]3)c12. The zero-order chi connectivity index (χ0) is 17.9. The fourth-order valence-corrected chi connectivity index (χ4v) is 4.00. The third kappa shape index (κ3) is 3.19. The molecule has 1 fully saturated rings. The topological polar surface area (TPSA) is 76.8 Å². The average molecular weight is 351 g/mol. The van der Waals surface area contributed by atoms with Crippen LogP contribution in [0.15, 0.2) is 36.7 Å². The van der Waals surface area contributed by atoms with Crippen molar-refractivity contribution in [3.8, 4) is 0 Å². The van der Waals surface area contributed by atoms with Gasteiger partial charge in [0.25, 0.3) is 0 Å². The zero-order valence-electron chi connectivity index (χ0n) is 15.1. The van der Waals surface area contributed by atoms with E-state index >= 15 is 0 Å². The van der Waals surface area contributed by atoms with Crippen LogP contribution < -0.4 is 5.32 Å². The first kappa shape index (κ1) is 16.7. The molecule has 0 aliphatic carbocycles. The quantitative estimate of drug-likeness (QED) is 0.670. The van der Waals surface area contributed by atoms with Crippen molar-refractivity contribution in [3.63, 3.8) is 0 Å². The van der Waals surface area contributed by atoms with E-state index in [0.29, 0.717) is 6.54 Å². The van der Waals surface area contributed by atoms with Gasteiger partial charge in [-0.25, -0.2) is 4.79 Å². The van der Waals surface area contributed by atoms with Gasteiger partial charge in [-0.3, -0.25) is 5.10 Å². The number of hydrogen-bond donors (Lipinski definition) is 3. The van der Waals surface area contributed by atoms with Gasteiger partial charge >= 0.3 is 6.03 Å². The van der Waals surface area contributed by atoms with Gasteiger partial charge in [-0.1, -0.05) is 12.1 Å². The first-order valence-corrected chi connectivity index (χ1v) is 9.33. The Balaban J connectivity index is 1.40. The van der Waals surface area contributed by atoms with E-state index in [9.17, 15) is 4.79 Å². The molecule has 1 aliphatic rings. The molecule has 0 radical (unpaired) electrons. The molecule has 0 saturated carbocycles. The molecule has 1 saturated heterocycles. The van der Waals surface area contributed by atoms with Gasteiger partial charge in [0.15, 0.2) is 0 Å². The van der Waals surface area contributed by atoms with Gasteiger partial charge in [-0.15, -0.1) is 0 Å². The van der Waals surface area contributed by atoms with Crippen molar-refractivity contribution in [1.29, 1.82) is 0 Å². The summed E-state index contributed by atoms with van der Waals surface area (Å²) in [5.74, 6) is 0. The fourth-order valence-electron chi connectivity index (χ4n) is 4.00. The Kier molecular flexibility index (Phi) is 4.65. The number of likely N-dealkylation sites (tertiary alicyclic amines) is 1. The van der Waals surface area contributed by atoms with Crippen LogP contribution in [0, 0.1) is 6.92 Å². The first-order chi connectivity index (χ1) is 12.7. The predicted octanol–water partition coefficient (Wildman–Crippen LogP) is 3.68. The number of benzene rings is 1. The summed E-state index contributed by atoms with van der Waals surface area (Å²) in [6.07, 6.45) is 7.80. The molecule has 1 aromatic carbocycles. The fraction of sp³-hybridized carbons (Fsp3) is 0.400. The summed E-state index contributed by atoms with van der Waals surface area (Å²) in [7, 11) is 0. The molecule has 6 heteroatoms. The van der Waals surface area contributed by atoms with Crippen LogP contribution in [0.3, 0.4) is 0 Å². The standard InChI is InChI=1S/C20H25N5O/c1-14-5-4-6-17-19(14)15(13-22-17)8-10-21-20(26)25-12-3-2-7-18(25)16-9-11-23-24-16/h4-6,9,11,13,18,22H,2-3,7-8,10,12H2,1H3,(H,21,26)(H,23,24). The summed E-state index contributed by atoms with van der Waals surface area (Å²) in [4.78, 5) is 18.0. The molecule has 3 heterocycles. The molecule has 3 N–H and O–H groups in total. The molecule has 1 atom stereocenters. The molecule has 1 aliphatic heterocycles. The van der Waals surface area contributed by atoms with Crippen molar-refractivity contribution < 1.29 is 4.79 Å². The third-order valence-electron chi connectivity index (χ3n) is 5.31. The summed E-state index contributed by atoms with van der Waals surface area (Å²) >= 11 is 0. The lowest BCUT2D eigenvalue weighted by Gasteiger charge is -2.35. The molecule has 136 valence electrons. The van der Waals surface area contributed by atoms with Gasteiger partial charge in [-0.05, 0) is 55.9 Å². The highest BCUT2D eigenvalue weighted by molar-refractivity contribution is 5.86. The van der Waals surface area contributed by atoms with Crippen molar-refractivity contribution >= 4 is 16.9 Å². The van der Waals surface area contributed by atoms with E-state index in [4.69, 9.17) is 0 Å². The van der Waals surface area contributed by atoms with Gasteiger partial charge < -0.3 is 15.2 Å². The number of urea groups is 1. The Bertz CT molecular complexity index is 883. The van der Waals surface area contributed by atoms with Gasteiger partial charge in [0, 0.05) is 36.4 Å². The minimum Gasteiger partial charge on any atom is -0.361 e. The Morgan fingerprint density at radius 3 is 3.12 bits per heavy atom. The number of aryl methyl sites for hydroxylation is 1. The van der Waals surface area contributed by atoms with E-state index in [1.165, 1.54) is 16.5 Å². The highest BCUT2D eigenvalue weighted by Crippen LogP contribution is 2.29. The number of nitrogens with zero attached hydrogens (tertiary/aromatic N) is 2. The number of rotatable bonds is 4. The number of piperidine rings is 1. The normalized spacial score (nSPS) is 17.6. The van der Waals surface area contributed by atoms with Gasteiger partial charge in [0.05, 0.1) is 11.7 Å². The van der Waals surface area contributed by atoms with Crippen LogP contribution in [-0.4, -0.2) is 39.2 Å². The maximum Gasteiger partial charge on any atom is 0.317 e. The number of carbonyl (C=O) groups excluding carboxylic acids is 1. The smallest absolute Gasteiger partial charge is 0.317 e. The highest BCUT2D eigenvalue weighted by Gasteiger charge is 2.28. The van der Waals surface area contributed by atoms with E-state index in [1.807, 2.05) is 11.0 Å². The van der Waals surface area contributed by atoms with Crippen LogP contribution >= 0.6 is 0 Å². The Labute approximate surface area is 153 Å². The maximum atomic E-state index is 12.7. The minimum absolute atomic E-state index is 0.0147. The molecule has 0 spiro atoms. The number of H-pyrrole nitrogens is 2. The molecule has 0 bridgehead atoms. The summed E-state index contributed by atoms with van der Waals surface area (Å²) in [5.41, 5.74) is 4.69. The number of hydrogen-bond acceptors (Lipinski definition) is 2. The molecule has 6 nitrogen and oxygen atoms in total. The minimum atomic E-state index is 0.0147. The van der Waals surface area contributed by atoms with Crippen LogP contribution in [0.2, 0.25) is 0 Å². The number of aromatic amines is 2. The summed E-state index contributed by atoms with van der Waals surface area (Å²) in [6.45, 7) is 3.55. The Hall–Kier alpha value is -2.76. The van der Waals surface area contributed by atoms with Gasteiger partial charge in [-0.2, -0.15) is 5.10 Å². The molecule has 26 heavy (non-hydrogen) atoms. The lowest BCUT2D eigenvalue weighted by atomic mass is 10.00. The number of fused-ring (bicyclic) bond motifs is 1. The second-order valence-corrected chi connectivity index (χ2v) is 7.01. The summed E-state index contributed by atoms with van der Waals surface area (Å²) < 4.78 is 0. The average Bonchev–Trinajstić information content (AvgIpc) is 3.32. The van der Waals surface area contributed by atoms with E-state index in [1.54, 1.807) is 6.20 Å². The number of carbonyl (C=O) groups is 1. The molecular formula is C20H25N5O. The highest BCUT2D eigenvalue weighted by atomic mass is 16.2. The van der Waals surface area contributed by atoms with Crippen molar-refractivity contribution in [3.05, 3.63) is 53.5 Å². The van der Waals surface area contributed by atoms with Crippen molar-refractivity contribution in [2.24, 2.45) is 0 Å².